The smallest absolute Gasteiger partial charge is 0.414 e. The van der Waals surface area contributed by atoms with Gasteiger partial charge in [0.25, 0.3) is 0 Å². The summed E-state index contributed by atoms with van der Waals surface area (Å²) in [6, 6.07) is 7.83. The number of nitrogens with zero attached hydrogens (tertiary/aromatic N) is 1. The Morgan fingerprint density at radius 2 is 1.88 bits per heavy atom. The van der Waals surface area contributed by atoms with Crippen LogP contribution in [-0.2, 0) is 4.74 Å². The van der Waals surface area contributed by atoms with Crippen LogP contribution in [0.25, 0.3) is 0 Å². The van der Waals surface area contributed by atoms with Gasteiger partial charge in [-0.15, -0.1) is 0 Å². The molecule has 0 heterocycles. The molecule has 0 atom stereocenters. The second kappa shape index (κ2) is 5.21. The highest BCUT2D eigenvalue weighted by Gasteiger charge is 2.29. The molecular formula is C14H21NO2. The van der Waals surface area contributed by atoms with Gasteiger partial charge in [0.1, 0.15) is 0 Å². The number of hydrogen-bond donors (Lipinski definition) is 0. The molecule has 3 heteroatoms. The average molecular weight is 235 g/mol. The predicted octanol–water partition coefficient (Wildman–Crippen LogP) is 3.76. The van der Waals surface area contributed by atoms with Gasteiger partial charge in [-0.3, -0.25) is 4.90 Å². The van der Waals surface area contributed by atoms with Gasteiger partial charge in [-0.05, 0) is 46.2 Å². The first-order valence-electron chi connectivity index (χ1n) is 5.90. The molecular weight excluding hydrogens is 214 g/mol. The van der Waals surface area contributed by atoms with Crippen molar-refractivity contribution in [1.82, 2.24) is 0 Å². The van der Waals surface area contributed by atoms with Gasteiger partial charge in [-0.2, -0.15) is 0 Å². The first-order chi connectivity index (χ1) is 7.88. The molecule has 0 radical (unpaired) electrons. The molecule has 0 aliphatic rings. The maximum Gasteiger partial charge on any atom is 0.414 e. The quantitative estimate of drug-likeness (QED) is 0.781. The molecule has 3 nitrogen and oxygen atoms in total. The van der Waals surface area contributed by atoms with E-state index in [0.29, 0.717) is 6.61 Å². The Hall–Kier alpha value is -1.51. The molecule has 0 unspecified atom stereocenters. The summed E-state index contributed by atoms with van der Waals surface area (Å²) in [5, 5.41) is 0. The molecule has 0 saturated carbocycles. The lowest BCUT2D eigenvalue weighted by Gasteiger charge is -2.35. The summed E-state index contributed by atoms with van der Waals surface area (Å²) in [7, 11) is 0. The van der Waals surface area contributed by atoms with Crippen LogP contribution >= 0.6 is 0 Å². The molecule has 0 bridgehead atoms. The number of aryl methyl sites for hydroxylation is 1. The number of para-hydroxylation sites is 1. The Morgan fingerprint density at radius 3 is 2.35 bits per heavy atom. The van der Waals surface area contributed by atoms with E-state index >= 15 is 0 Å². The van der Waals surface area contributed by atoms with E-state index in [1.54, 1.807) is 4.90 Å². The maximum absolute atomic E-state index is 12.0. The van der Waals surface area contributed by atoms with Crippen molar-refractivity contribution >= 4 is 11.8 Å². The van der Waals surface area contributed by atoms with Gasteiger partial charge < -0.3 is 4.74 Å². The Labute approximate surface area is 103 Å². The summed E-state index contributed by atoms with van der Waals surface area (Å²) in [6.07, 6.45) is -0.297. The number of benzene rings is 1. The minimum absolute atomic E-state index is 0.297. The second-order valence-electron chi connectivity index (χ2n) is 4.99. The van der Waals surface area contributed by atoms with E-state index in [9.17, 15) is 4.79 Å². The average Bonchev–Trinajstić information content (AvgIpc) is 2.19. The predicted molar refractivity (Wildman–Crippen MR) is 70.4 cm³/mol. The van der Waals surface area contributed by atoms with Gasteiger partial charge in [0, 0.05) is 5.54 Å². The number of amides is 1. The van der Waals surface area contributed by atoms with Gasteiger partial charge in [-0.1, -0.05) is 18.2 Å². The monoisotopic (exact) mass is 235 g/mol. The van der Waals surface area contributed by atoms with E-state index in [2.05, 4.69) is 0 Å². The van der Waals surface area contributed by atoms with Crippen LogP contribution in [0.5, 0.6) is 0 Å². The minimum Gasteiger partial charge on any atom is -0.449 e. The maximum atomic E-state index is 12.0. The molecule has 1 amide bonds. The SMILES string of the molecule is CCOC(=O)N(c1ccccc1C)C(C)(C)C. The lowest BCUT2D eigenvalue weighted by molar-refractivity contribution is 0.154. The number of carbonyl (C=O) groups is 1. The van der Waals surface area contributed by atoms with Crippen LogP contribution in [0.1, 0.15) is 33.3 Å². The lowest BCUT2D eigenvalue weighted by Crippen LogP contribution is -2.46. The van der Waals surface area contributed by atoms with Crippen molar-refractivity contribution in [2.45, 2.75) is 40.2 Å². The van der Waals surface area contributed by atoms with Crippen molar-refractivity contribution in [3.63, 3.8) is 0 Å². The Kier molecular flexibility index (Phi) is 4.16. The van der Waals surface area contributed by atoms with Crippen molar-refractivity contribution in [3.05, 3.63) is 29.8 Å². The standard InChI is InChI=1S/C14H21NO2/c1-6-17-13(16)15(14(3,4)5)12-10-8-7-9-11(12)2/h7-10H,6H2,1-5H3. The zero-order valence-electron chi connectivity index (χ0n) is 11.3. The van der Waals surface area contributed by atoms with E-state index in [0.717, 1.165) is 11.3 Å². The molecule has 1 aromatic rings. The Bertz CT molecular complexity index is 393. The van der Waals surface area contributed by atoms with Gasteiger partial charge in [0.15, 0.2) is 0 Å². The number of ether oxygens (including phenoxy) is 1. The number of rotatable bonds is 2. The van der Waals surface area contributed by atoms with Crippen molar-refractivity contribution in [2.24, 2.45) is 0 Å². The zero-order valence-corrected chi connectivity index (χ0v) is 11.3. The summed E-state index contributed by atoms with van der Waals surface area (Å²) in [5.74, 6) is 0. The van der Waals surface area contributed by atoms with Crippen molar-refractivity contribution < 1.29 is 9.53 Å². The molecule has 94 valence electrons. The molecule has 1 rings (SSSR count). The van der Waals surface area contributed by atoms with E-state index in [4.69, 9.17) is 4.74 Å². The zero-order chi connectivity index (χ0) is 13.1. The van der Waals surface area contributed by atoms with Crippen LogP contribution in [0.4, 0.5) is 10.5 Å². The Balaban J connectivity index is 3.16. The highest BCUT2D eigenvalue weighted by atomic mass is 16.6. The first kappa shape index (κ1) is 13.6. The lowest BCUT2D eigenvalue weighted by atomic mass is 10.0. The molecule has 1 aromatic carbocycles. The first-order valence-corrected chi connectivity index (χ1v) is 5.90. The van der Waals surface area contributed by atoms with E-state index in [1.165, 1.54) is 0 Å². The minimum atomic E-state index is -0.307. The molecule has 0 fully saturated rings. The molecule has 0 aliphatic heterocycles. The van der Waals surface area contributed by atoms with Crippen LogP contribution in [0.2, 0.25) is 0 Å². The Morgan fingerprint density at radius 1 is 1.29 bits per heavy atom. The van der Waals surface area contributed by atoms with Gasteiger partial charge in [0.2, 0.25) is 0 Å². The van der Waals surface area contributed by atoms with Crippen LogP contribution < -0.4 is 4.90 Å². The third kappa shape index (κ3) is 3.22. The van der Waals surface area contributed by atoms with Crippen LogP contribution in [0.3, 0.4) is 0 Å². The molecule has 0 saturated heterocycles. The normalized spacial score (nSPS) is 11.1. The number of anilines is 1. The van der Waals surface area contributed by atoms with E-state index < -0.39 is 0 Å². The summed E-state index contributed by atoms with van der Waals surface area (Å²) >= 11 is 0. The highest BCUT2D eigenvalue weighted by molar-refractivity contribution is 5.90. The molecule has 0 spiro atoms. The van der Waals surface area contributed by atoms with Gasteiger partial charge >= 0.3 is 6.09 Å². The van der Waals surface area contributed by atoms with E-state index in [-0.39, 0.29) is 11.6 Å². The number of carbonyl (C=O) groups excluding carboxylic acids is 1. The fourth-order valence-corrected chi connectivity index (χ4v) is 1.74. The van der Waals surface area contributed by atoms with Crippen molar-refractivity contribution in [2.75, 3.05) is 11.5 Å². The molecule has 17 heavy (non-hydrogen) atoms. The van der Waals surface area contributed by atoms with Crippen LogP contribution in [0.15, 0.2) is 24.3 Å². The third-order valence-corrected chi connectivity index (χ3v) is 2.48. The summed E-state index contributed by atoms with van der Waals surface area (Å²) in [6.45, 7) is 10.2. The van der Waals surface area contributed by atoms with E-state index in [1.807, 2.05) is 58.9 Å². The summed E-state index contributed by atoms with van der Waals surface area (Å²) < 4.78 is 5.13. The molecule has 0 N–H and O–H groups in total. The highest BCUT2D eigenvalue weighted by Crippen LogP contribution is 2.27. The van der Waals surface area contributed by atoms with Crippen molar-refractivity contribution in [3.8, 4) is 0 Å². The van der Waals surface area contributed by atoms with Gasteiger partial charge in [0.05, 0.1) is 12.3 Å². The fraction of sp³-hybridized carbons (Fsp3) is 0.500. The molecule has 0 aromatic heterocycles. The summed E-state index contributed by atoms with van der Waals surface area (Å²) in [5.41, 5.74) is 1.66. The summed E-state index contributed by atoms with van der Waals surface area (Å²) in [4.78, 5) is 13.7. The van der Waals surface area contributed by atoms with Crippen LogP contribution in [0, 0.1) is 6.92 Å². The van der Waals surface area contributed by atoms with Crippen molar-refractivity contribution in [1.29, 1.82) is 0 Å². The third-order valence-electron chi connectivity index (χ3n) is 2.48. The second-order valence-corrected chi connectivity index (χ2v) is 4.99. The fourth-order valence-electron chi connectivity index (χ4n) is 1.74. The molecule has 0 aliphatic carbocycles. The largest absolute Gasteiger partial charge is 0.449 e. The number of hydrogen-bond acceptors (Lipinski definition) is 2. The van der Waals surface area contributed by atoms with Crippen LogP contribution in [-0.4, -0.2) is 18.2 Å². The topological polar surface area (TPSA) is 29.5 Å². The van der Waals surface area contributed by atoms with Gasteiger partial charge in [-0.25, -0.2) is 4.79 Å².